The standard InChI is InChI=1S/C27H28ClFN6O/c1-15(2)13-35-17(4)26(16(3)33-35)20-9-22(29)23(10-21(20)28)32-27(36)31-12-25-19-8-6-5-7-18(19)24-11-30-14-34(24)25/h5-11,14-15,25H,12-13H2,1-4H3,(H2,31,32,36). The number of hydrogen-bond acceptors (Lipinski definition) is 3. The van der Waals surface area contributed by atoms with Gasteiger partial charge in [-0.05, 0) is 37.5 Å². The largest absolute Gasteiger partial charge is 0.335 e. The molecule has 0 saturated heterocycles. The van der Waals surface area contributed by atoms with E-state index >= 15 is 4.39 Å². The lowest BCUT2D eigenvalue weighted by molar-refractivity contribution is 0.251. The molecule has 4 aromatic rings. The van der Waals surface area contributed by atoms with Gasteiger partial charge >= 0.3 is 6.03 Å². The number of aromatic nitrogens is 4. The Morgan fingerprint density at radius 1 is 1.19 bits per heavy atom. The van der Waals surface area contributed by atoms with Gasteiger partial charge in [-0.3, -0.25) is 4.68 Å². The third-order valence-electron chi connectivity index (χ3n) is 6.55. The number of amides is 2. The molecule has 1 unspecified atom stereocenters. The molecule has 0 bridgehead atoms. The van der Waals surface area contributed by atoms with E-state index in [2.05, 4.69) is 34.6 Å². The van der Waals surface area contributed by atoms with Crippen LogP contribution in [-0.2, 0) is 6.54 Å². The molecule has 0 aliphatic carbocycles. The van der Waals surface area contributed by atoms with Crippen molar-refractivity contribution < 1.29 is 9.18 Å². The van der Waals surface area contributed by atoms with Gasteiger partial charge in [-0.2, -0.15) is 5.10 Å². The minimum Gasteiger partial charge on any atom is -0.335 e. The van der Waals surface area contributed by atoms with Gasteiger partial charge in [-0.25, -0.2) is 14.2 Å². The molecule has 2 aromatic heterocycles. The van der Waals surface area contributed by atoms with E-state index in [9.17, 15) is 4.79 Å². The Morgan fingerprint density at radius 2 is 1.97 bits per heavy atom. The molecule has 5 rings (SSSR count). The molecule has 0 fully saturated rings. The number of rotatable bonds is 6. The molecule has 7 nitrogen and oxygen atoms in total. The minimum absolute atomic E-state index is 0.0151. The molecule has 1 aliphatic heterocycles. The highest BCUT2D eigenvalue weighted by Crippen LogP contribution is 2.39. The molecule has 2 aromatic carbocycles. The highest BCUT2D eigenvalue weighted by atomic mass is 35.5. The molecule has 0 saturated carbocycles. The molecular formula is C27H28ClFN6O. The predicted molar refractivity (Wildman–Crippen MR) is 140 cm³/mol. The Kier molecular flexibility index (Phi) is 6.30. The average molecular weight is 507 g/mol. The predicted octanol–water partition coefficient (Wildman–Crippen LogP) is 6.20. The zero-order chi connectivity index (χ0) is 25.6. The molecule has 186 valence electrons. The topological polar surface area (TPSA) is 76.8 Å². The van der Waals surface area contributed by atoms with Crippen molar-refractivity contribution in [1.29, 1.82) is 0 Å². The fourth-order valence-electron chi connectivity index (χ4n) is 4.94. The van der Waals surface area contributed by atoms with Gasteiger partial charge in [0.15, 0.2) is 0 Å². The van der Waals surface area contributed by atoms with Crippen LogP contribution < -0.4 is 10.6 Å². The Balaban J connectivity index is 1.32. The maximum atomic E-state index is 15.1. The number of nitrogens with one attached hydrogen (secondary N) is 2. The van der Waals surface area contributed by atoms with Crippen LogP contribution in [0.5, 0.6) is 0 Å². The minimum atomic E-state index is -0.567. The van der Waals surface area contributed by atoms with Gasteiger partial charge in [-0.1, -0.05) is 49.7 Å². The van der Waals surface area contributed by atoms with Crippen molar-refractivity contribution in [3.8, 4) is 22.4 Å². The third-order valence-corrected chi connectivity index (χ3v) is 6.86. The molecular weight excluding hydrogens is 479 g/mol. The second-order valence-corrected chi connectivity index (χ2v) is 9.97. The normalized spacial score (nSPS) is 14.1. The average Bonchev–Trinajstić information content (AvgIpc) is 3.48. The van der Waals surface area contributed by atoms with Gasteiger partial charge in [-0.15, -0.1) is 0 Å². The Labute approximate surface area is 214 Å². The summed E-state index contributed by atoms with van der Waals surface area (Å²) in [6.45, 7) is 9.17. The Morgan fingerprint density at radius 3 is 2.75 bits per heavy atom. The number of imidazole rings is 1. The molecule has 2 N–H and O–H groups in total. The van der Waals surface area contributed by atoms with Gasteiger partial charge < -0.3 is 15.2 Å². The smallest absolute Gasteiger partial charge is 0.319 e. The SMILES string of the molecule is Cc1nn(CC(C)C)c(C)c1-c1cc(F)c(NC(=O)NCC2c3ccccc3-c3cncn32)cc1Cl. The van der Waals surface area contributed by atoms with Crippen LogP contribution in [0.4, 0.5) is 14.9 Å². The summed E-state index contributed by atoms with van der Waals surface area (Å²) in [5.41, 5.74) is 6.30. The third kappa shape index (κ3) is 4.26. The van der Waals surface area contributed by atoms with E-state index in [1.807, 2.05) is 53.6 Å². The summed E-state index contributed by atoms with van der Waals surface area (Å²) in [6.07, 6.45) is 3.57. The second kappa shape index (κ2) is 9.43. The van der Waals surface area contributed by atoms with E-state index in [-0.39, 0.29) is 11.7 Å². The molecule has 1 aliphatic rings. The van der Waals surface area contributed by atoms with E-state index in [4.69, 9.17) is 11.6 Å². The van der Waals surface area contributed by atoms with Crippen LogP contribution in [0.1, 0.15) is 36.8 Å². The summed E-state index contributed by atoms with van der Waals surface area (Å²) >= 11 is 6.57. The second-order valence-electron chi connectivity index (χ2n) is 9.56. The van der Waals surface area contributed by atoms with E-state index < -0.39 is 11.8 Å². The highest BCUT2D eigenvalue weighted by molar-refractivity contribution is 6.33. The van der Waals surface area contributed by atoms with Gasteiger partial charge in [0.25, 0.3) is 0 Å². The molecule has 0 spiro atoms. The molecule has 1 atom stereocenters. The van der Waals surface area contributed by atoms with Crippen molar-refractivity contribution >= 4 is 23.3 Å². The van der Waals surface area contributed by atoms with E-state index in [0.717, 1.165) is 40.3 Å². The van der Waals surface area contributed by atoms with Crippen LogP contribution in [0.3, 0.4) is 0 Å². The number of aryl methyl sites for hydroxylation is 1. The maximum absolute atomic E-state index is 15.1. The Hall–Kier alpha value is -3.65. The summed E-state index contributed by atoms with van der Waals surface area (Å²) in [6, 6.07) is 10.2. The zero-order valence-corrected chi connectivity index (χ0v) is 21.4. The number of carbonyl (C=O) groups excluding carboxylic acids is 1. The van der Waals surface area contributed by atoms with Gasteiger partial charge in [0.1, 0.15) is 5.82 Å². The first-order chi connectivity index (χ1) is 17.2. The zero-order valence-electron chi connectivity index (χ0n) is 20.6. The summed E-state index contributed by atoms with van der Waals surface area (Å²) < 4.78 is 19.1. The van der Waals surface area contributed by atoms with Gasteiger partial charge in [0.05, 0.1) is 40.7 Å². The van der Waals surface area contributed by atoms with Gasteiger partial charge in [0, 0.05) is 35.5 Å². The fraction of sp³-hybridized carbons (Fsp3) is 0.296. The first kappa shape index (κ1) is 24.1. The molecule has 3 heterocycles. The van der Waals surface area contributed by atoms with Crippen LogP contribution >= 0.6 is 11.6 Å². The number of carbonyl (C=O) groups is 1. The van der Waals surface area contributed by atoms with Crippen molar-refractivity contribution in [2.24, 2.45) is 5.92 Å². The number of nitrogens with zero attached hydrogens (tertiary/aromatic N) is 4. The number of benzene rings is 2. The highest BCUT2D eigenvalue weighted by Gasteiger charge is 2.28. The first-order valence-electron chi connectivity index (χ1n) is 11.9. The summed E-state index contributed by atoms with van der Waals surface area (Å²) in [5, 5.41) is 10.4. The molecule has 0 radical (unpaired) electrons. The van der Waals surface area contributed by atoms with Crippen molar-refractivity contribution in [3.05, 3.63) is 76.7 Å². The van der Waals surface area contributed by atoms with Gasteiger partial charge in [0.2, 0.25) is 0 Å². The number of hydrogen-bond donors (Lipinski definition) is 2. The summed E-state index contributed by atoms with van der Waals surface area (Å²) in [4.78, 5) is 16.9. The van der Waals surface area contributed by atoms with Crippen molar-refractivity contribution in [1.82, 2.24) is 24.6 Å². The van der Waals surface area contributed by atoms with E-state index in [1.165, 1.54) is 12.1 Å². The lowest BCUT2D eigenvalue weighted by atomic mass is 10.0. The van der Waals surface area contributed by atoms with Crippen molar-refractivity contribution in [2.45, 2.75) is 40.3 Å². The van der Waals surface area contributed by atoms with Crippen LogP contribution in [0.25, 0.3) is 22.4 Å². The Bertz CT molecular complexity index is 1460. The quantitative estimate of drug-likeness (QED) is 0.326. The molecule has 36 heavy (non-hydrogen) atoms. The molecule has 2 amide bonds. The summed E-state index contributed by atoms with van der Waals surface area (Å²) in [7, 11) is 0. The van der Waals surface area contributed by atoms with Crippen LogP contribution in [-0.4, -0.2) is 31.9 Å². The van der Waals surface area contributed by atoms with E-state index in [0.29, 0.717) is 23.0 Å². The summed E-state index contributed by atoms with van der Waals surface area (Å²) in [5.74, 6) is -0.144. The van der Waals surface area contributed by atoms with Crippen molar-refractivity contribution in [3.63, 3.8) is 0 Å². The van der Waals surface area contributed by atoms with Crippen LogP contribution in [0, 0.1) is 25.6 Å². The monoisotopic (exact) mass is 506 g/mol. The number of halogens is 2. The lowest BCUT2D eigenvalue weighted by Gasteiger charge is -2.17. The first-order valence-corrected chi connectivity index (χ1v) is 12.3. The number of anilines is 1. The number of urea groups is 1. The van der Waals surface area contributed by atoms with Crippen molar-refractivity contribution in [2.75, 3.05) is 11.9 Å². The maximum Gasteiger partial charge on any atom is 0.319 e. The van der Waals surface area contributed by atoms with Crippen LogP contribution in [0.15, 0.2) is 48.9 Å². The fourth-order valence-corrected chi connectivity index (χ4v) is 5.20. The van der Waals surface area contributed by atoms with Crippen LogP contribution in [0.2, 0.25) is 5.02 Å². The molecule has 9 heteroatoms. The lowest BCUT2D eigenvalue weighted by Crippen LogP contribution is -2.33. The van der Waals surface area contributed by atoms with E-state index in [1.54, 1.807) is 6.33 Å². The number of fused-ring (bicyclic) bond motifs is 3.